The molecule has 0 fully saturated rings. The van der Waals surface area contributed by atoms with Crippen LogP contribution in [0.3, 0.4) is 0 Å². The Labute approximate surface area is 109 Å². The van der Waals surface area contributed by atoms with Crippen LogP contribution in [0.1, 0.15) is 13.8 Å². The Bertz CT molecular complexity index is 443. The summed E-state index contributed by atoms with van der Waals surface area (Å²) in [6, 6.07) is 6.41. The van der Waals surface area contributed by atoms with Crippen molar-refractivity contribution in [1.29, 1.82) is 0 Å². The Hall–Kier alpha value is -1.11. The lowest BCUT2D eigenvalue weighted by atomic mass is 10.3. The highest BCUT2D eigenvalue weighted by Gasteiger charge is 2.11. The summed E-state index contributed by atoms with van der Waals surface area (Å²) in [6.07, 6.45) is 0. The van der Waals surface area contributed by atoms with Crippen molar-refractivity contribution in [2.45, 2.75) is 18.7 Å². The van der Waals surface area contributed by atoms with E-state index in [9.17, 15) is 8.42 Å². The van der Waals surface area contributed by atoms with E-state index in [2.05, 4.69) is 10.0 Å². The van der Waals surface area contributed by atoms with Crippen molar-refractivity contribution >= 4 is 10.0 Å². The lowest BCUT2D eigenvalue weighted by Gasteiger charge is -2.08. The number of likely N-dealkylation sites (N-methyl/N-ethyl adjacent to an activating group) is 1. The second-order valence-corrected chi connectivity index (χ2v) is 5.44. The normalized spacial score (nSPS) is 11.4. The van der Waals surface area contributed by atoms with Crippen molar-refractivity contribution in [3.05, 3.63) is 24.3 Å². The smallest absolute Gasteiger partial charge is 0.240 e. The first kappa shape index (κ1) is 14.9. The number of ether oxygens (including phenoxy) is 1. The first-order chi connectivity index (χ1) is 8.60. The summed E-state index contributed by atoms with van der Waals surface area (Å²) in [5.74, 6) is 0.670. The van der Waals surface area contributed by atoms with Gasteiger partial charge in [0.2, 0.25) is 10.0 Å². The first-order valence-electron chi connectivity index (χ1n) is 6.03. The zero-order chi connectivity index (χ0) is 13.4. The largest absolute Gasteiger partial charge is 0.492 e. The predicted molar refractivity (Wildman–Crippen MR) is 71.3 cm³/mol. The molecule has 0 bridgehead atoms. The van der Waals surface area contributed by atoms with Gasteiger partial charge in [0.05, 0.1) is 4.90 Å². The van der Waals surface area contributed by atoms with Gasteiger partial charge in [-0.25, -0.2) is 13.1 Å². The van der Waals surface area contributed by atoms with Crippen LogP contribution < -0.4 is 14.8 Å². The molecule has 18 heavy (non-hydrogen) atoms. The Balaban J connectivity index is 2.57. The molecule has 0 heterocycles. The average molecular weight is 272 g/mol. The molecule has 5 nitrogen and oxygen atoms in total. The van der Waals surface area contributed by atoms with Gasteiger partial charge in [0.1, 0.15) is 12.4 Å². The lowest BCUT2D eigenvalue weighted by molar-refractivity contribution is 0.315. The van der Waals surface area contributed by atoms with E-state index < -0.39 is 10.0 Å². The molecule has 0 amide bonds. The van der Waals surface area contributed by atoms with Gasteiger partial charge in [-0.15, -0.1) is 0 Å². The van der Waals surface area contributed by atoms with E-state index in [-0.39, 0.29) is 4.90 Å². The molecule has 0 saturated carbocycles. The van der Waals surface area contributed by atoms with Gasteiger partial charge in [-0.2, -0.15) is 0 Å². The van der Waals surface area contributed by atoms with Crippen LogP contribution in [-0.2, 0) is 10.0 Å². The second-order valence-electron chi connectivity index (χ2n) is 3.67. The van der Waals surface area contributed by atoms with Crippen molar-refractivity contribution in [1.82, 2.24) is 10.0 Å². The molecule has 0 atom stereocenters. The van der Waals surface area contributed by atoms with Gasteiger partial charge in [0.25, 0.3) is 0 Å². The maximum absolute atomic E-state index is 11.7. The highest BCUT2D eigenvalue weighted by Crippen LogP contribution is 2.15. The number of hydrogen-bond acceptors (Lipinski definition) is 4. The van der Waals surface area contributed by atoms with Crippen LogP contribution in [0, 0.1) is 0 Å². The molecule has 0 aromatic heterocycles. The topological polar surface area (TPSA) is 67.4 Å². The summed E-state index contributed by atoms with van der Waals surface area (Å²) in [5, 5.41) is 3.14. The van der Waals surface area contributed by atoms with E-state index in [0.29, 0.717) is 18.9 Å². The summed E-state index contributed by atoms with van der Waals surface area (Å²) in [5.41, 5.74) is 0. The van der Waals surface area contributed by atoms with E-state index in [0.717, 1.165) is 13.1 Å². The standard InChI is InChI=1S/C12H20N2O3S/c1-3-13-9-10-17-11-5-7-12(8-6-11)18(15,16)14-4-2/h5-8,13-14H,3-4,9-10H2,1-2H3. The molecule has 2 N–H and O–H groups in total. The van der Waals surface area contributed by atoms with Crippen molar-refractivity contribution in [3.8, 4) is 5.75 Å². The van der Waals surface area contributed by atoms with E-state index in [1.165, 1.54) is 0 Å². The Kier molecular flexibility index (Phi) is 6.11. The minimum atomic E-state index is -3.37. The molecule has 0 aliphatic rings. The van der Waals surface area contributed by atoms with Gasteiger partial charge in [0.15, 0.2) is 0 Å². The minimum Gasteiger partial charge on any atom is -0.492 e. The van der Waals surface area contributed by atoms with Crippen molar-refractivity contribution in [2.24, 2.45) is 0 Å². The van der Waals surface area contributed by atoms with E-state index in [4.69, 9.17) is 4.74 Å². The van der Waals surface area contributed by atoms with Gasteiger partial charge in [0, 0.05) is 13.1 Å². The second kappa shape index (κ2) is 7.35. The third-order valence-corrected chi connectivity index (χ3v) is 3.83. The quantitative estimate of drug-likeness (QED) is 0.692. The molecular formula is C12H20N2O3S. The minimum absolute atomic E-state index is 0.253. The third kappa shape index (κ3) is 4.64. The maximum Gasteiger partial charge on any atom is 0.240 e. The highest BCUT2D eigenvalue weighted by molar-refractivity contribution is 7.89. The summed E-state index contributed by atoms with van der Waals surface area (Å²) in [7, 11) is -3.37. The van der Waals surface area contributed by atoms with Gasteiger partial charge in [-0.3, -0.25) is 0 Å². The molecule has 1 aromatic carbocycles. The van der Waals surface area contributed by atoms with Gasteiger partial charge < -0.3 is 10.1 Å². The van der Waals surface area contributed by atoms with Gasteiger partial charge in [-0.1, -0.05) is 13.8 Å². The molecule has 0 aliphatic heterocycles. The molecule has 102 valence electrons. The van der Waals surface area contributed by atoms with Gasteiger partial charge >= 0.3 is 0 Å². The number of benzene rings is 1. The molecule has 1 rings (SSSR count). The maximum atomic E-state index is 11.7. The first-order valence-corrected chi connectivity index (χ1v) is 7.51. The van der Waals surface area contributed by atoms with Crippen LogP contribution >= 0.6 is 0 Å². The zero-order valence-corrected chi connectivity index (χ0v) is 11.6. The fourth-order valence-electron chi connectivity index (χ4n) is 1.41. The predicted octanol–water partition coefficient (Wildman–Crippen LogP) is 0.973. The third-order valence-electron chi connectivity index (χ3n) is 2.27. The summed E-state index contributed by atoms with van der Waals surface area (Å²) in [6.45, 7) is 6.39. The fourth-order valence-corrected chi connectivity index (χ4v) is 2.45. The zero-order valence-electron chi connectivity index (χ0n) is 10.8. The number of sulfonamides is 1. The molecule has 0 spiro atoms. The van der Waals surface area contributed by atoms with Crippen molar-refractivity contribution in [3.63, 3.8) is 0 Å². The lowest BCUT2D eigenvalue weighted by Crippen LogP contribution is -2.23. The Morgan fingerprint density at radius 3 is 2.33 bits per heavy atom. The molecule has 0 unspecified atom stereocenters. The van der Waals surface area contributed by atoms with Crippen molar-refractivity contribution in [2.75, 3.05) is 26.2 Å². The van der Waals surface area contributed by atoms with Gasteiger partial charge in [-0.05, 0) is 30.8 Å². The molecular weight excluding hydrogens is 252 g/mol. The van der Waals surface area contributed by atoms with Crippen LogP contribution in [0.5, 0.6) is 5.75 Å². The van der Waals surface area contributed by atoms with E-state index in [1.807, 2.05) is 6.92 Å². The summed E-state index contributed by atoms with van der Waals surface area (Å²) in [4.78, 5) is 0.253. The van der Waals surface area contributed by atoms with Crippen LogP contribution in [0.4, 0.5) is 0 Å². The van der Waals surface area contributed by atoms with Crippen LogP contribution in [0.2, 0.25) is 0 Å². The molecule has 0 saturated heterocycles. The molecule has 6 heteroatoms. The number of hydrogen-bond donors (Lipinski definition) is 2. The Morgan fingerprint density at radius 2 is 1.78 bits per heavy atom. The summed E-state index contributed by atoms with van der Waals surface area (Å²) >= 11 is 0. The number of rotatable bonds is 8. The van der Waals surface area contributed by atoms with E-state index in [1.54, 1.807) is 31.2 Å². The molecule has 0 aliphatic carbocycles. The molecule has 1 aromatic rings. The average Bonchev–Trinajstić information content (AvgIpc) is 2.35. The summed E-state index contributed by atoms with van der Waals surface area (Å²) < 4.78 is 31.3. The Morgan fingerprint density at radius 1 is 1.11 bits per heavy atom. The van der Waals surface area contributed by atoms with Crippen molar-refractivity contribution < 1.29 is 13.2 Å². The highest BCUT2D eigenvalue weighted by atomic mass is 32.2. The number of nitrogens with one attached hydrogen (secondary N) is 2. The molecule has 0 radical (unpaired) electrons. The SMILES string of the molecule is CCNCCOc1ccc(S(=O)(=O)NCC)cc1. The monoisotopic (exact) mass is 272 g/mol. The fraction of sp³-hybridized carbons (Fsp3) is 0.500. The van der Waals surface area contributed by atoms with Crippen LogP contribution in [0.25, 0.3) is 0 Å². The van der Waals surface area contributed by atoms with Crippen LogP contribution in [-0.4, -0.2) is 34.7 Å². The van der Waals surface area contributed by atoms with Crippen LogP contribution in [0.15, 0.2) is 29.2 Å². The van der Waals surface area contributed by atoms with E-state index >= 15 is 0 Å².